The normalized spacial score (nSPS) is 10.8. The molecule has 0 heterocycles. The molecule has 0 saturated carbocycles. The zero-order valence-electron chi connectivity index (χ0n) is 16.5. The second-order valence-electron chi connectivity index (χ2n) is 6.03. The summed E-state index contributed by atoms with van der Waals surface area (Å²) in [5.74, 6) is 0.259. The highest BCUT2D eigenvalue weighted by atomic mass is 16.6. The zero-order chi connectivity index (χ0) is 21.3. The topological polar surface area (TPSA) is 86.2 Å². The number of oxime groups is 1. The number of carbonyl (C=O) groups is 2. The van der Waals surface area contributed by atoms with Crippen LogP contribution in [0.4, 0.5) is 0 Å². The molecule has 0 spiro atoms. The minimum Gasteiger partial charge on any atom is -0.457 e. The number of hydrogen-bond donors (Lipinski definition) is 1. The lowest BCUT2D eigenvalue weighted by atomic mass is 10.1. The quantitative estimate of drug-likeness (QED) is 0.280. The molecule has 30 heavy (non-hydrogen) atoms. The molecule has 0 unspecified atom stereocenters. The van der Waals surface area contributed by atoms with Gasteiger partial charge in [-0.1, -0.05) is 41.6 Å². The molecule has 0 radical (unpaired) electrons. The largest absolute Gasteiger partial charge is 0.457 e. The van der Waals surface area contributed by atoms with Gasteiger partial charge in [0.1, 0.15) is 24.4 Å². The fourth-order valence-corrected chi connectivity index (χ4v) is 2.64. The van der Waals surface area contributed by atoms with Crippen molar-refractivity contribution in [1.82, 2.24) is 5.32 Å². The van der Waals surface area contributed by atoms with Crippen molar-refractivity contribution in [2.75, 3.05) is 14.2 Å². The summed E-state index contributed by atoms with van der Waals surface area (Å²) < 4.78 is 11.4. The highest BCUT2D eigenvalue weighted by Crippen LogP contribution is 2.29. The molecule has 0 atom stereocenters. The molecular weight excluding hydrogens is 384 g/mol. The Morgan fingerprint density at radius 3 is 2.30 bits per heavy atom. The predicted octanol–water partition coefficient (Wildman–Crippen LogP) is 3.79. The van der Waals surface area contributed by atoms with Crippen molar-refractivity contribution in [2.24, 2.45) is 5.16 Å². The van der Waals surface area contributed by atoms with Crippen LogP contribution in [-0.2, 0) is 9.63 Å². The molecule has 1 amide bonds. The van der Waals surface area contributed by atoms with Gasteiger partial charge in [0.05, 0.1) is 11.1 Å². The van der Waals surface area contributed by atoms with Crippen molar-refractivity contribution in [1.29, 1.82) is 0 Å². The Bertz CT molecular complexity index is 1060. The molecule has 7 nitrogen and oxygen atoms in total. The fraction of sp³-hybridized carbons (Fsp3) is 0.0870. The van der Waals surface area contributed by atoms with Gasteiger partial charge in [0.25, 0.3) is 5.91 Å². The molecule has 3 aromatic rings. The number of nitrogens with one attached hydrogen (secondary N) is 1. The Kier molecular flexibility index (Phi) is 6.78. The van der Waals surface area contributed by atoms with Crippen molar-refractivity contribution >= 4 is 17.6 Å². The maximum absolute atomic E-state index is 12.3. The number of para-hydroxylation sites is 1. The number of ether oxygens (including phenoxy) is 2. The molecule has 0 aromatic heterocycles. The van der Waals surface area contributed by atoms with E-state index in [9.17, 15) is 9.59 Å². The monoisotopic (exact) mass is 404 g/mol. The highest BCUT2D eigenvalue weighted by Gasteiger charge is 2.19. The smallest absolute Gasteiger partial charge is 0.343 e. The average Bonchev–Trinajstić information content (AvgIpc) is 2.78. The third-order valence-corrected chi connectivity index (χ3v) is 4.02. The van der Waals surface area contributed by atoms with Crippen LogP contribution in [0.1, 0.15) is 15.9 Å². The van der Waals surface area contributed by atoms with Crippen molar-refractivity contribution in [3.05, 3.63) is 90.0 Å². The minimum atomic E-state index is -0.470. The molecule has 0 aliphatic carbocycles. The zero-order valence-corrected chi connectivity index (χ0v) is 16.5. The van der Waals surface area contributed by atoms with Crippen LogP contribution < -0.4 is 14.8 Å². The van der Waals surface area contributed by atoms with Crippen LogP contribution in [0.15, 0.2) is 84.0 Å². The second-order valence-corrected chi connectivity index (χ2v) is 6.03. The summed E-state index contributed by atoms with van der Waals surface area (Å²) >= 11 is 0. The van der Waals surface area contributed by atoms with Crippen LogP contribution in [0.2, 0.25) is 0 Å². The minimum absolute atomic E-state index is 0.0715. The van der Waals surface area contributed by atoms with Crippen LogP contribution in [-0.4, -0.2) is 31.7 Å². The number of hydrogen-bond acceptors (Lipinski definition) is 6. The standard InChI is InChI=1S/C23H20N2O5/c1-24-22(26)21(25-28-2)19-13-6-7-14-20(19)29-17-11-8-12-18(15-17)30-23(27)16-9-4-3-5-10-16/h3-15H,1-2H3,(H,24,26)/b25-21+. The predicted molar refractivity (Wildman–Crippen MR) is 112 cm³/mol. The Morgan fingerprint density at radius 2 is 1.57 bits per heavy atom. The average molecular weight is 404 g/mol. The van der Waals surface area contributed by atoms with E-state index in [1.807, 2.05) is 6.07 Å². The first-order valence-corrected chi connectivity index (χ1v) is 9.10. The first-order valence-electron chi connectivity index (χ1n) is 9.10. The Balaban J connectivity index is 1.84. The van der Waals surface area contributed by atoms with Crippen molar-refractivity contribution in [2.45, 2.75) is 0 Å². The molecule has 0 fully saturated rings. The SMILES string of the molecule is CNC(=O)/C(=N/OC)c1ccccc1Oc1cccc(OC(=O)c2ccccc2)c1. The van der Waals surface area contributed by atoms with E-state index < -0.39 is 11.9 Å². The van der Waals surface area contributed by atoms with Crippen molar-refractivity contribution in [3.8, 4) is 17.2 Å². The molecule has 152 valence electrons. The fourth-order valence-electron chi connectivity index (χ4n) is 2.64. The number of esters is 1. The third kappa shape index (κ3) is 5.02. The second kappa shape index (κ2) is 9.88. The molecule has 0 aliphatic heterocycles. The van der Waals surface area contributed by atoms with E-state index in [2.05, 4.69) is 10.5 Å². The summed E-state index contributed by atoms with van der Waals surface area (Å²) in [5, 5.41) is 6.34. The summed E-state index contributed by atoms with van der Waals surface area (Å²) in [6.45, 7) is 0. The summed E-state index contributed by atoms with van der Waals surface area (Å²) in [6, 6.07) is 22.3. The summed E-state index contributed by atoms with van der Waals surface area (Å²) in [6.07, 6.45) is 0. The molecule has 1 N–H and O–H groups in total. The maximum atomic E-state index is 12.3. The van der Waals surface area contributed by atoms with Gasteiger partial charge in [-0.15, -0.1) is 0 Å². The van der Waals surface area contributed by atoms with E-state index in [0.29, 0.717) is 28.4 Å². The van der Waals surface area contributed by atoms with Gasteiger partial charge in [0.15, 0.2) is 5.71 Å². The van der Waals surface area contributed by atoms with Gasteiger partial charge in [0.2, 0.25) is 0 Å². The lowest BCUT2D eigenvalue weighted by Crippen LogP contribution is -2.28. The number of rotatable bonds is 7. The number of likely N-dealkylation sites (N-methyl/N-ethyl adjacent to an activating group) is 1. The maximum Gasteiger partial charge on any atom is 0.343 e. The highest BCUT2D eigenvalue weighted by molar-refractivity contribution is 6.45. The van der Waals surface area contributed by atoms with E-state index in [0.717, 1.165) is 0 Å². The Labute approximate surface area is 173 Å². The molecule has 3 aromatic carbocycles. The first-order chi connectivity index (χ1) is 14.6. The lowest BCUT2D eigenvalue weighted by Gasteiger charge is -2.13. The molecule has 0 bridgehead atoms. The van der Waals surface area contributed by atoms with E-state index >= 15 is 0 Å². The van der Waals surface area contributed by atoms with Gasteiger partial charge in [0, 0.05) is 13.1 Å². The molecule has 0 saturated heterocycles. The van der Waals surface area contributed by atoms with Gasteiger partial charge in [-0.05, 0) is 36.4 Å². The van der Waals surface area contributed by atoms with Crippen molar-refractivity contribution < 1.29 is 23.9 Å². The number of amides is 1. The van der Waals surface area contributed by atoms with Crippen LogP contribution >= 0.6 is 0 Å². The summed E-state index contributed by atoms with van der Waals surface area (Å²) in [5.41, 5.74) is 0.966. The van der Waals surface area contributed by atoms with Gasteiger partial charge in [-0.2, -0.15) is 0 Å². The van der Waals surface area contributed by atoms with Crippen LogP contribution in [0.5, 0.6) is 17.2 Å². The van der Waals surface area contributed by atoms with E-state index in [-0.39, 0.29) is 5.71 Å². The Morgan fingerprint density at radius 1 is 0.867 bits per heavy atom. The third-order valence-electron chi connectivity index (χ3n) is 4.02. The number of benzene rings is 3. The number of carbonyl (C=O) groups excluding carboxylic acids is 2. The molecule has 0 aliphatic rings. The van der Waals surface area contributed by atoms with Gasteiger partial charge < -0.3 is 19.6 Å². The first kappa shape index (κ1) is 20.6. The van der Waals surface area contributed by atoms with Crippen LogP contribution in [0.3, 0.4) is 0 Å². The van der Waals surface area contributed by atoms with E-state index in [4.69, 9.17) is 14.3 Å². The van der Waals surface area contributed by atoms with E-state index in [1.165, 1.54) is 14.2 Å². The van der Waals surface area contributed by atoms with Crippen molar-refractivity contribution in [3.63, 3.8) is 0 Å². The van der Waals surface area contributed by atoms with Crippen LogP contribution in [0.25, 0.3) is 0 Å². The van der Waals surface area contributed by atoms with E-state index in [1.54, 1.807) is 72.8 Å². The molecular formula is C23H20N2O5. The van der Waals surface area contributed by atoms with Crippen LogP contribution in [0, 0.1) is 0 Å². The van der Waals surface area contributed by atoms with Gasteiger partial charge in [-0.3, -0.25) is 4.79 Å². The number of nitrogens with zero attached hydrogens (tertiary/aromatic N) is 1. The molecule has 3 rings (SSSR count). The molecule has 7 heteroatoms. The Hall–Kier alpha value is -4.13. The summed E-state index contributed by atoms with van der Waals surface area (Å²) in [7, 11) is 2.86. The lowest BCUT2D eigenvalue weighted by molar-refractivity contribution is -0.114. The van der Waals surface area contributed by atoms with Gasteiger partial charge >= 0.3 is 5.97 Å². The summed E-state index contributed by atoms with van der Waals surface area (Å²) in [4.78, 5) is 29.3. The van der Waals surface area contributed by atoms with Gasteiger partial charge in [-0.25, -0.2) is 4.79 Å².